The van der Waals surface area contributed by atoms with Gasteiger partial charge < -0.3 is 10.6 Å². The molecule has 2 rings (SSSR count). The molecule has 0 atom stereocenters. The molecule has 0 spiro atoms. The molecular weight excluding hydrogens is 190 g/mol. The number of nitrogens with zero attached hydrogens (tertiary/aromatic N) is 2. The molecule has 0 bridgehead atoms. The maximum absolute atomic E-state index is 11.3. The SMILES string of the molecule is NCC(=O)c1ccc(N2CCCC2)nc1. The van der Waals surface area contributed by atoms with Crippen molar-refractivity contribution in [2.24, 2.45) is 5.73 Å². The first kappa shape index (κ1) is 10.1. The maximum atomic E-state index is 11.3. The number of nitrogens with two attached hydrogens (primary N) is 1. The average molecular weight is 205 g/mol. The second kappa shape index (κ2) is 4.40. The molecule has 2 N–H and O–H groups in total. The summed E-state index contributed by atoms with van der Waals surface area (Å²) in [6, 6.07) is 3.70. The molecule has 0 aromatic carbocycles. The molecule has 4 nitrogen and oxygen atoms in total. The summed E-state index contributed by atoms with van der Waals surface area (Å²) in [7, 11) is 0. The highest BCUT2D eigenvalue weighted by atomic mass is 16.1. The van der Waals surface area contributed by atoms with E-state index in [4.69, 9.17) is 5.73 Å². The minimum atomic E-state index is -0.0597. The lowest BCUT2D eigenvalue weighted by atomic mass is 10.2. The van der Waals surface area contributed by atoms with Gasteiger partial charge in [-0.25, -0.2) is 4.98 Å². The highest BCUT2D eigenvalue weighted by Crippen LogP contribution is 2.17. The molecule has 80 valence electrons. The second-order valence-corrected chi connectivity index (χ2v) is 3.73. The Kier molecular flexibility index (Phi) is 2.97. The Balaban J connectivity index is 2.12. The average Bonchev–Trinajstić information content (AvgIpc) is 2.82. The Morgan fingerprint density at radius 2 is 2.13 bits per heavy atom. The zero-order valence-corrected chi connectivity index (χ0v) is 8.65. The monoisotopic (exact) mass is 205 g/mol. The van der Waals surface area contributed by atoms with Crippen molar-refractivity contribution in [1.29, 1.82) is 0 Å². The van der Waals surface area contributed by atoms with E-state index in [9.17, 15) is 4.79 Å². The summed E-state index contributed by atoms with van der Waals surface area (Å²) in [4.78, 5) is 17.8. The third-order valence-electron chi connectivity index (χ3n) is 2.69. The van der Waals surface area contributed by atoms with Crippen LogP contribution in [-0.4, -0.2) is 30.4 Å². The van der Waals surface area contributed by atoms with Crippen LogP contribution in [0.25, 0.3) is 0 Å². The largest absolute Gasteiger partial charge is 0.357 e. The molecule has 0 amide bonds. The summed E-state index contributed by atoms with van der Waals surface area (Å²) < 4.78 is 0. The number of hydrogen-bond donors (Lipinski definition) is 1. The topological polar surface area (TPSA) is 59.2 Å². The number of pyridine rings is 1. The third-order valence-corrected chi connectivity index (χ3v) is 2.69. The van der Waals surface area contributed by atoms with Gasteiger partial charge in [-0.3, -0.25) is 4.79 Å². The van der Waals surface area contributed by atoms with Crippen LogP contribution in [0, 0.1) is 0 Å². The lowest BCUT2D eigenvalue weighted by molar-refractivity contribution is 0.100. The first-order valence-corrected chi connectivity index (χ1v) is 5.25. The molecule has 0 radical (unpaired) electrons. The Bertz CT molecular complexity index is 341. The number of carbonyl (C=O) groups is 1. The van der Waals surface area contributed by atoms with Crippen LogP contribution >= 0.6 is 0 Å². The van der Waals surface area contributed by atoms with E-state index >= 15 is 0 Å². The predicted octanol–water partition coefficient (Wildman–Crippen LogP) is 0.823. The van der Waals surface area contributed by atoms with Crippen molar-refractivity contribution in [2.75, 3.05) is 24.5 Å². The molecule has 0 aliphatic carbocycles. The molecule has 0 unspecified atom stereocenters. The van der Waals surface area contributed by atoms with Gasteiger partial charge >= 0.3 is 0 Å². The fourth-order valence-electron chi connectivity index (χ4n) is 1.80. The van der Waals surface area contributed by atoms with Gasteiger partial charge in [-0.2, -0.15) is 0 Å². The fraction of sp³-hybridized carbons (Fsp3) is 0.455. The van der Waals surface area contributed by atoms with Crippen molar-refractivity contribution in [3.05, 3.63) is 23.9 Å². The molecule has 1 aromatic rings. The lowest BCUT2D eigenvalue weighted by Crippen LogP contribution is -2.19. The molecule has 2 heterocycles. The van der Waals surface area contributed by atoms with Crippen molar-refractivity contribution < 1.29 is 4.79 Å². The van der Waals surface area contributed by atoms with E-state index in [1.165, 1.54) is 12.8 Å². The number of ketones is 1. The van der Waals surface area contributed by atoms with Crippen LogP contribution in [0.1, 0.15) is 23.2 Å². The van der Waals surface area contributed by atoms with Crippen LogP contribution in [0.3, 0.4) is 0 Å². The minimum Gasteiger partial charge on any atom is -0.357 e. The van der Waals surface area contributed by atoms with E-state index in [-0.39, 0.29) is 12.3 Å². The summed E-state index contributed by atoms with van der Waals surface area (Å²) in [5.41, 5.74) is 5.87. The van der Waals surface area contributed by atoms with E-state index in [1.54, 1.807) is 12.3 Å². The number of rotatable bonds is 3. The summed E-state index contributed by atoms with van der Waals surface area (Å²) in [5.74, 6) is 0.900. The fourth-order valence-corrected chi connectivity index (χ4v) is 1.80. The number of anilines is 1. The quantitative estimate of drug-likeness (QED) is 0.742. The molecule has 1 aliphatic heterocycles. The van der Waals surface area contributed by atoms with Gasteiger partial charge in [-0.05, 0) is 25.0 Å². The Morgan fingerprint density at radius 1 is 1.40 bits per heavy atom. The first-order valence-electron chi connectivity index (χ1n) is 5.25. The van der Waals surface area contributed by atoms with Gasteiger partial charge in [0.05, 0.1) is 6.54 Å². The lowest BCUT2D eigenvalue weighted by Gasteiger charge is -2.15. The summed E-state index contributed by atoms with van der Waals surface area (Å²) >= 11 is 0. The summed E-state index contributed by atoms with van der Waals surface area (Å²) in [6.07, 6.45) is 4.07. The van der Waals surface area contributed by atoms with E-state index in [0.717, 1.165) is 18.9 Å². The third kappa shape index (κ3) is 2.15. The molecule has 1 fully saturated rings. The number of hydrogen-bond acceptors (Lipinski definition) is 4. The van der Waals surface area contributed by atoms with Gasteiger partial charge in [0, 0.05) is 24.8 Å². The van der Waals surface area contributed by atoms with E-state index in [0.29, 0.717) is 5.56 Å². The second-order valence-electron chi connectivity index (χ2n) is 3.73. The molecule has 1 aromatic heterocycles. The van der Waals surface area contributed by atoms with Crippen LogP contribution < -0.4 is 10.6 Å². The zero-order chi connectivity index (χ0) is 10.7. The van der Waals surface area contributed by atoms with E-state index in [1.807, 2.05) is 6.07 Å². The molecule has 1 aliphatic rings. The number of Topliss-reactive ketones (excluding diaryl/α,β-unsaturated/α-hetero) is 1. The highest BCUT2D eigenvalue weighted by molar-refractivity contribution is 5.97. The zero-order valence-electron chi connectivity index (χ0n) is 8.65. The van der Waals surface area contributed by atoms with E-state index < -0.39 is 0 Å². The number of aromatic nitrogens is 1. The minimum absolute atomic E-state index is 0.0464. The van der Waals surface area contributed by atoms with Gasteiger partial charge in [0.25, 0.3) is 0 Å². The van der Waals surface area contributed by atoms with Gasteiger partial charge in [-0.1, -0.05) is 0 Å². The molecular formula is C11H15N3O. The predicted molar refractivity (Wildman–Crippen MR) is 59.1 cm³/mol. The van der Waals surface area contributed by atoms with Crippen molar-refractivity contribution in [3.8, 4) is 0 Å². The van der Waals surface area contributed by atoms with Crippen LogP contribution in [-0.2, 0) is 0 Å². The standard InChI is InChI=1S/C11H15N3O/c12-7-10(15)9-3-4-11(13-8-9)14-5-1-2-6-14/h3-4,8H,1-2,5-7,12H2. The molecule has 4 heteroatoms. The Hall–Kier alpha value is -1.42. The highest BCUT2D eigenvalue weighted by Gasteiger charge is 2.13. The molecule has 15 heavy (non-hydrogen) atoms. The van der Waals surface area contributed by atoms with Crippen LogP contribution in [0.15, 0.2) is 18.3 Å². The van der Waals surface area contributed by atoms with Crippen LogP contribution in [0.5, 0.6) is 0 Å². The summed E-state index contributed by atoms with van der Waals surface area (Å²) in [6.45, 7) is 2.18. The first-order chi connectivity index (χ1) is 7.31. The Labute approximate surface area is 89.1 Å². The van der Waals surface area contributed by atoms with Crippen LogP contribution in [0.2, 0.25) is 0 Å². The van der Waals surface area contributed by atoms with Gasteiger partial charge in [0.15, 0.2) is 5.78 Å². The van der Waals surface area contributed by atoms with Crippen LogP contribution in [0.4, 0.5) is 5.82 Å². The molecule has 0 saturated carbocycles. The smallest absolute Gasteiger partial charge is 0.177 e. The maximum Gasteiger partial charge on any atom is 0.177 e. The van der Waals surface area contributed by atoms with Gasteiger partial charge in [0.1, 0.15) is 5.82 Å². The van der Waals surface area contributed by atoms with Crippen molar-refractivity contribution >= 4 is 11.6 Å². The van der Waals surface area contributed by atoms with Crippen molar-refractivity contribution in [3.63, 3.8) is 0 Å². The summed E-state index contributed by atoms with van der Waals surface area (Å²) in [5, 5.41) is 0. The number of carbonyl (C=O) groups excluding carboxylic acids is 1. The Morgan fingerprint density at radius 3 is 2.67 bits per heavy atom. The van der Waals surface area contributed by atoms with Gasteiger partial charge in [-0.15, -0.1) is 0 Å². The molecule has 1 saturated heterocycles. The van der Waals surface area contributed by atoms with Gasteiger partial charge in [0.2, 0.25) is 0 Å². The normalized spacial score (nSPS) is 15.7. The van der Waals surface area contributed by atoms with Crippen molar-refractivity contribution in [2.45, 2.75) is 12.8 Å². The van der Waals surface area contributed by atoms with Crippen molar-refractivity contribution in [1.82, 2.24) is 4.98 Å². The van der Waals surface area contributed by atoms with E-state index in [2.05, 4.69) is 9.88 Å².